The summed E-state index contributed by atoms with van der Waals surface area (Å²) in [5.74, 6) is 0.638. The highest BCUT2D eigenvalue weighted by Gasteiger charge is 2.37. The van der Waals surface area contributed by atoms with Crippen LogP contribution in [0, 0.1) is 17.2 Å². The summed E-state index contributed by atoms with van der Waals surface area (Å²) in [6.45, 7) is 3.58. The van der Waals surface area contributed by atoms with Gasteiger partial charge in [0.25, 0.3) is 0 Å². The van der Waals surface area contributed by atoms with Crippen LogP contribution in [-0.2, 0) is 0 Å². The molecule has 1 saturated heterocycles. The van der Waals surface area contributed by atoms with E-state index in [1.807, 2.05) is 0 Å². The Labute approximate surface area is 80.5 Å². The van der Waals surface area contributed by atoms with Crippen LogP contribution in [0.1, 0.15) is 39.0 Å². The van der Waals surface area contributed by atoms with Gasteiger partial charge in [0.2, 0.25) is 0 Å². The molecule has 2 fully saturated rings. The third-order valence-electron chi connectivity index (χ3n) is 3.57. The maximum atomic E-state index is 8.71. The number of hydrogen-bond acceptors (Lipinski definition) is 2. The molecule has 0 aromatic heterocycles. The number of piperidine rings is 1. The Morgan fingerprint density at radius 2 is 2.15 bits per heavy atom. The van der Waals surface area contributed by atoms with E-state index in [4.69, 9.17) is 5.26 Å². The molecule has 0 radical (unpaired) electrons. The van der Waals surface area contributed by atoms with Crippen molar-refractivity contribution < 1.29 is 0 Å². The molecule has 13 heavy (non-hydrogen) atoms. The van der Waals surface area contributed by atoms with Crippen molar-refractivity contribution in [3.8, 4) is 6.07 Å². The average Bonchev–Trinajstić information content (AvgIpc) is 2.92. The topological polar surface area (TPSA) is 27.0 Å². The minimum Gasteiger partial charge on any atom is -0.297 e. The zero-order chi connectivity index (χ0) is 9.26. The maximum Gasteiger partial charge on any atom is 0.0625 e. The highest BCUT2D eigenvalue weighted by Crippen LogP contribution is 2.35. The Bertz CT molecular complexity index is 215. The van der Waals surface area contributed by atoms with Crippen molar-refractivity contribution in [3.63, 3.8) is 0 Å². The third kappa shape index (κ3) is 1.86. The molecule has 72 valence electrons. The van der Waals surface area contributed by atoms with Crippen LogP contribution in [0.15, 0.2) is 0 Å². The van der Waals surface area contributed by atoms with Crippen molar-refractivity contribution in [1.29, 1.82) is 5.26 Å². The van der Waals surface area contributed by atoms with Gasteiger partial charge in [0.05, 0.1) is 6.07 Å². The number of hydrogen-bond donors (Lipinski definition) is 0. The molecule has 1 aliphatic carbocycles. The number of rotatable bonds is 2. The molecular formula is C11H18N2. The van der Waals surface area contributed by atoms with Crippen molar-refractivity contribution in [2.45, 2.75) is 51.1 Å². The van der Waals surface area contributed by atoms with Crippen LogP contribution in [0.5, 0.6) is 0 Å². The lowest BCUT2D eigenvalue weighted by molar-refractivity contribution is 0.0990. The molecule has 0 aromatic carbocycles. The first kappa shape index (κ1) is 9.02. The normalized spacial score (nSPS) is 35.7. The van der Waals surface area contributed by atoms with Crippen molar-refractivity contribution >= 4 is 0 Å². The zero-order valence-corrected chi connectivity index (χ0v) is 8.37. The van der Waals surface area contributed by atoms with Crippen LogP contribution >= 0.6 is 0 Å². The predicted octanol–water partition coefficient (Wildman–Crippen LogP) is 2.16. The van der Waals surface area contributed by atoms with Crippen molar-refractivity contribution in [3.05, 3.63) is 0 Å². The molecule has 2 aliphatic rings. The summed E-state index contributed by atoms with van der Waals surface area (Å²) in [5, 5.41) is 8.71. The predicted molar refractivity (Wildman–Crippen MR) is 52.1 cm³/mol. The average molecular weight is 178 g/mol. The SMILES string of the molecule is CC1C(CC#N)CCCN1C1CC1. The first-order chi connectivity index (χ1) is 6.33. The number of nitriles is 1. The van der Waals surface area contributed by atoms with Crippen LogP contribution < -0.4 is 0 Å². The van der Waals surface area contributed by atoms with Gasteiger partial charge in [-0.25, -0.2) is 0 Å². The quantitative estimate of drug-likeness (QED) is 0.648. The van der Waals surface area contributed by atoms with Gasteiger partial charge in [0.15, 0.2) is 0 Å². The van der Waals surface area contributed by atoms with Crippen LogP contribution in [-0.4, -0.2) is 23.5 Å². The van der Waals surface area contributed by atoms with Gasteiger partial charge in [-0.2, -0.15) is 5.26 Å². The van der Waals surface area contributed by atoms with E-state index in [9.17, 15) is 0 Å². The largest absolute Gasteiger partial charge is 0.297 e. The molecule has 2 rings (SSSR count). The summed E-state index contributed by atoms with van der Waals surface area (Å²) in [5.41, 5.74) is 0. The first-order valence-electron chi connectivity index (χ1n) is 5.45. The molecule has 1 aliphatic heterocycles. The molecule has 0 bridgehead atoms. The molecule has 2 unspecified atom stereocenters. The fraction of sp³-hybridized carbons (Fsp3) is 0.909. The van der Waals surface area contributed by atoms with Crippen LogP contribution in [0.2, 0.25) is 0 Å². The summed E-state index contributed by atoms with van der Waals surface area (Å²) in [4.78, 5) is 2.63. The lowest BCUT2D eigenvalue weighted by atomic mass is 9.88. The monoisotopic (exact) mass is 178 g/mol. The van der Waals surface area contributed by atoms with E-state index in [0.29, 0.717) is 12.0 Å². The fourth-order valence-electron chi connectivity index (χ4n) is 2.56. The second-order valence-electron chi connectivity index (χ2n) is 4.47. The second-order valence-corrected chi connectivity index (χ2v) is 4.47. The lowest BCUT2D eigenvalue weighted by Gasteiger charge is -2.38. The Morgan fingerprint density at radius 3 is 2.77 bits per heavy atom. The van der Waals surface area contributed by atoms with Gasteiger partial charge in [-0.15, -0.1) is 0 Å². The first-order valence-corrected chi connectivity index (χ1v) is 5.45. The Hall–Kier alpha value is -0.550. The van der Waals surface area contributed by atoms with Gasteiger partial charge in [-0.05, 0) is 45.1 Å². The smallest absolute Gasteiger partial charge is 0.0625 e. The summed E-state index contributed by atoms with van der Waals surface area (Å²) in [6, 6.07) is 3.85. The Morgan fingerprint density at radius 1 is 1.38 bits per heavy atom. The van der Waals surface area contributed by atoms with E-state index in [2.05, 4.69) is 17.9 Å². The summed E-state index contributed by atoms with van der Waals surface area (Å²) in [7, 11) is 0. The molecule has 2 nitrogen and oxygen atoms in total. The fourth-order valence-corrected chi connectivity index (χ4v) is 2.56. The highest BCUT2D eigenvalue weighted by atomic mass is 15.2. The molecular weight excluding hydrogens is 160 g/mol. The van der Waals surface area contributed by atoms with E-state index < -0.39 is 0 Å². The number of nitrogens with zero attached hydrogens (tertiary/aromatic N) is 2. The lowest BCUT2D eigenvalue weighted by Crippen LogP contribution is -2.44. The molecule has 1 saturated carbocycles. The Kier molecular flexibility index (Phi) is 2.55. The van der Waals surface area contributed by atoms with Gasteiger partial charge < -0.3 is 0 Å². The van der Waals surface area contributed by atoms with Gasteiger partial charge >= 0.3 is 0 Å². The standard InChI is InChI=1S/C11H18N2/c1-9-10(6-7-12)3-2-8-13(9)11-4-5-11/h9-11H,2-6,8H2,1H3. The summed E-state index contributed by atoms with van der Waals surface area (Å²) in [6.07, 6.45) is 6.10. The minimum absolute atomic E-state index is 0.638. The van der Waals surface area contributed by atoms with Crippen LogP contribution in [0.25, 0.3) is 0 Å². The Balaban J connectivity index is 1.94. The molecule has 0 N–H and O–H groups in total. The minimum atomic E-state index is 0.638. The molecule has 0 amide bonds. The summed E-state index contributed by atoms with van der Waals surface area (Å²) < 4.78 is 0. The van der Waals surface area contributed by atoms with Crippen molar-refractivity contribution in [2.24, 2.45) is 5.92 Å². The third-order valence-corrected chi connectivity index (χ3v) is 3.57. The number of likely N-dealkylation sites (tertiary alicyclic amines) is 1. The summed E-state index contributed by atoms with van der Waals surface area (Å²) >= 11 is 0. The van der Waals surface area contributed by atoms with Crippen molar-refractivity contribution in [1.82, 2.24) is 4.90 Å². The van der Waals surface area contributed by atoms with E-state index in [0.717, 1.165) is 12.5 Å². The van der Waals surface area contributed by atoms with Gasteiger partial charge in [-0.1, -0.05) is 0 Å². The van der Waals surface area contributed by atoms with Crippen LogP contribution in [0.3, 0.4) is 0 Å². The van der Waals surface area contributed by atoms with E-state index in [1.54, 1.807) is 0 Å². The molecule has 0 aromatic rings. The molecule has 0 spiro atoms. The highest BCUT2D eigenvalue weighted by molar-refractivity contribution is 4.94. The maximum absolute atomic E-state index is 8.71. The molecule has 1 heterocycles. The van der Waals surface area contributed by atoms with E-state index in [1.165, 1.54) is 32.2 Å². The van der Waals surface area contributed by atoms with E-state index in [-0.39, 0.29) is 0 Å². The zero-order valence-electron chi connectivity index (χ0n) is 8.37. The molecule has 2 heteroatoms. The van der Waals surface area contributed by atoms with Crippen LogP contribution in [0.4, 0.5) is 0 Å². The van der Waals surface area contributed by atoms with Gasteiger partial charge in [-0.3, -0.25) is 4.90 Å². The molecule has 2 atom stereocenters. The van der Waals surface area contributed by atoms with Gasteiger partial charge in [0, 0.05) is 18.5 Å². The van der Waals surface area contributed by atoms with Crippen molar-refractivity contribution in [2.75, 3.05) is 6.54 Å². The second kappa shape index (κ2) is 3.67. The van der Waals surface area contributed by atoms with E-state index >= 15 is 0 Å². The van der Waals surface area contributed by atoms with Gasteiger partial charge in [0.1, 0.15) is 0 Å².